The summed E-state index contributed by atoms with van der Waals surface area (Å²) < 4.78 is 4.93. The molecule has 88 valence electrons. The molecule has 0 aromatic carbocycles. The zero-order valence-corrected chi connectivity index (χ0v) is 9.56. The van der Waals surface area contributed by atoms with E-state index < -0.39 is 4.92 Å². The Balaban J connectivity index is 3.05. The minimum absolute atomic E-state index is 0.0406. The fraction of sp³-hybridized carbons (Fsp3) is 0.500. The van der Waals surface area contributed by atoms with Crippen molar-refractivity contribution in [3.05, 3.63) is 22.2 Å². The second-order valence-corrected chi connectivity index (χ2v) is 3.43. The molecule has 1 heterocycles. The molecule has 1 N–H and O–H groups in total. The van der Waals surface area contributed by atoms with Crippen molar-refractivity contribution in [2.24, 2.45) is 0 Å². The zero-order chi connectivity index (χ0) is 12.1. The van der Waals surface area contributed by atoms with Crippen molar-refractivity contribution in [3.63, 3.8) is 0 Å². The number of methoxy groups -OCH3 is 1. The number of hydrogen-bond donors (Lipinski definition) is 1. The SMILES string of the molecule is CCC(C)Nc1nc(OC)ccc1[N+](=O)[O-]. The summed E-state index contributed by atoms with van der Waals surface area (Å²) in [6.07, 6.45) is 0.857. The molecule has 16 heavy (non-hydrogen) atoms. The van der Waals surface area contributed by atoms with Gasteiger partial charge < -0.3 is 10.1 Å². The number of nitrogens with one attached hydrogen (secondary N) is 1. The van der Waals surface area contributed by atoms with Gasteiger partial charge in [-0.2, -0.15) is 4.98 Å². The van der Waals surface area contributed by atoms with Crippen LogP contribution in [0.1, 0.15) is 20.3 Å². The number of nitrogens with zero attached hydrogens (tertiary/aromatic N) is 2. The first kappa shape index (κ1) is 12.2. The molecule has 0 aliphatic carbocycles. The van der Waals surface area contributed by atoms with Gasteiger partial charge in [-0.15, -0.1) is 0 Å². The van der Waals surface area contributed by atoms with Crippen LogP contribution in [0.25, 0.3) is 0 Å². The molecule has 0 amide bonds. The van der Waals surface area contributed by atoms with Crippen molar-refractivity contribution in [3.8, 4) is 5.88 Å². The minimum atomic E-state index is -0.461. The molecule has 0 aliphatic heterocycles. The minimum Gasteiger partial charge on any atom is -0.481 e. The summed E-state index contributed by atoms with van der Waals surface area (Å²) in [7, 11) is 1.47. The average Bonchev–Trinajstić information content (AvgIpc) is 2.28. The van der Waals surface area contributed by atoms with Gasteiger partial charge in [0.05, 0.1) is 12.0 Å². The van der Waals surface area contributed by atoms with Gasteiger partial charge >= 0.3 is 5.69 Å². The maximum Gasteiger partial charge on any atom is 0.311 e. The molecule has 6 heteroatoms. The molecular weight excluding hydrogens is 210 g/mol. The van der Waals surface area contributed by atoms with Crippen molar-refractivity contribution in [1.29, 1.82) is 0 Å². The van der Waals surface area contributed by atoms with Crippen LogP contribution in [0.15, 0.2) is 12.1 Å². The molecule has 1 rings (SSSR count). The van der Waals surface area contributed by atoms with Gasteiger partial charge in [0.1, 0.15) is 0 Å². The Morgan fingerprint density at radius 3 is 2.81 bits per heavy atom. The number of anilines is 1. The van der Waals surface area contributed by atoms with Crippen molar-refractivity contribution >= 4 is 11.5 Å². The number of nitro groups is 1. The first-order valence-electron chi connectivity index (χ1n) is 5.04. The van der Waals surface area contributed by atoms with Crippen LogP contribution in [0.2, 0.25) is 0 Å². The highest BCUT2D eigenvalue weighted by molar-refractivity contribution is 5.57. The van der Waals surface area contributed by atoms with E-state index in [4.69, 9.17) is 4.74 Å². The van der Waals surface area contributed by atoms with E-state index in [-0.39, 0.29) is 17.5 Å². The summed E-state index contributed by atoms with van der Waals surface area (Å²) in [4.78, 5) is 14.3. The standard InChI is InChI=1S/C10H15N3O3/c1-4-7(2)11-10-8(13(14)15)5-6-9(12-10)16-3/h5-7H,4H2,1-3H3,(H,11,12). The Morgan fingerprint density at radius 2 is 2.31 bits per heavy atom. The zero-order valence-electron chi connectivity index (χ0n) is 9.56. The van der Waals surface area contributed by atoms with Crippen LogP contribution >= 0.6 is 0 Å². The lowest BCUT2D eigenvalue weighted by molar-refractivity contribution is -0.384. The van der Waals surface area contributed by atoms with Crippen LogP contribution in [-0.4, -0.2) is 23.1 Å². The molecule has 0 aliphatic rings. The Morgan fingerprint density at radius 1 is 1.62 bits per heavy atom. The van der Waals surface area contributed by atoms with Gasteiger partial charge in [0, 0.05) is 18.2 Å². The average molecular weight is 225 g/mol. The van der Waals surface area contributed by atoms with Gasteiger partial charge in [0.15, 0.2) is 0 Å². The van der Waals surface area contributed by atoms with Crippen molar-refractivity contribution in [2.75, 3.05) is 12.4 Å². The number of aromatic nitrogens is 1. The van der Waals surface area contributed by atoms with E-state index in [1.54, 1.807) is 0 Å². The number of hydrogen-bond acceptors (Lipinski definition) is 5. The summed E-state index contributed by atoms with van der Waals surface area (Å²) in [6, 6.07) is 2.98. The van der Waals surface area contributed by atoms with Crippen LogP contribution in [0.4, 0.5) is 11.5 Å². The Kier molecular flexibility index (Phi) is 4.04. The van der Waals surface area contributed by atoms with E-state index in [2.05, 4.69) is 10.3 Å². The largest absolute Gasteiger partial charge is 0.481 e. The lowest BCUT2D eigenvalue weighted by atomic mass is 10.2. The topological polar surface area (TPSA) is 77.3 Å². The number of pyridine rings is 1. The van der Waals surface area contributed by atoms with E-state index >= 15 is 0 Å². The Hall–Kier alpha value is -1.85. The summed E-state index contributed by atoms with van der Waals surface area (Å²) in [5.74, 6) is 0.607. The molecule has 0 saturated heterocycles. The van der Waals surface area contributed by atoms with Crippen LogP contribution < -0.4 is 10.1 Å². The maximum absolute atomic E-state index is 10.8. The van der Waals surface area contributed by atoms with Crippen molar-refractivity contribution in [1.82, 2.24) is 4.98 Å². The molecule has 1 aromatic rings. The first-order valence-corrected chi connectivity index (χ1v) is 5.04. The van der Waals surface area contributed by atoms with E-state index in [9.17, 15) is 10.1 Å². The molecule has 1 aromatic heterocycles. The van der Waals surface area contributed by atoms with Crippen LogP contribution in [0.5, 0.6) is 5.88 Å². The normalized spacial score (nSPS) is 11.9. The predicted octanol–water partition coefficient (Wildman–Crippen LogP) is 2.21. The van der Waals surface area contributed by atoms with Gasteiger partial charge in [-0.3, -0.25) is 10.1 Å². The molecule has 6 nitrogen and oxygen atoms in total. The van der Waals surface area contributed by atoms with E-state index in [1.165, 1.54) is 19.2 Å². The van der Waals surface area contributed by atoms with Crippen LogP contribution in [0, 0.1) is 10.1 Å². The maximum atomic E-state index is 10.8. The molecule has 0 bridgehead atoms. The van der Waals surface area contributed by atoms with E-state index in [0.717, 1.165) is 6.42 Å². The van der Waals surface area contributed by atoms with Gasteiger partial charge in [-0.25, -0.2) is 0 Å². The third-order valence-corrected chi connectivity index (χ3v) is 2.25. The molecule has 0 spiro atoms. The predicted molar refractivity (Wildman–Crippen MR) is 60.8 cm³/mol. The third-order valence-electron chi connectivity index (χ3n) is 2.25. The number of rotatable bonds is 5. The molecule has 1 atom stereocenters. The second-order valence-electron chi connectivity index (χ2n) is 3.43. The molecule has 1 unspecified atom stereocenters. The van der Waals surface area contributed by atoms with Gasteiger partial charge in [-0.1, -0.05) is 6.92 Å². The monoisotopic (exact) mass is 225 g/mol. The van der Waals surface area contributed by atoms with Crippen LogP contribution in [0.3, 0.4) is 0 Å². The molecule has 0 saturated carbocycles. The van der Waals surface area contributed by atoms with Gasteiger partial charge in [0.25, 0.3) is 0 Å². The van der Waals surface area contributed by atoms with Gasteiger partial charge in [0.2, 0.25) is 11.7 Å². The smallest absolute Gasteiger partial charge is 0.311 e. The van der Waals surface area contributed by atoms with E-state index in [1.807, 2.05) is 13.8 Å². The van der Waals surface area contributed by atoms with Gasteiger partial charge in [-0.05, 0) is 13.3 Å². The van der Waals surface area contributed by atoms with Crippen molar-refractivity contribution < 1.29 is 9.66 Å². The molecule has 0 radical (unpaired) electrons. The summed E-state index contributed by atoms with van der Waals surface area (Å²) in [6.45, 7) is 3.93. The lowest BCUT2D eigenvalue weighted by Crippen LogP contribution is -2.15. The summed E-state index contributed by atoms with van der Waals surface area (Å²) >= 11 is 0. The summed E-state index contributed by atoms with van der Waals surface area (Å²) in [5, 5.41) is 13.8. The second kappa shape index (κ2) is 5.29. The highest BCUT2D eigenvalue weighted by Crippen LogP contribution is 2.25. The number of ether oxygens (including phenoxy) is 1. The highest BCUT2D eigenvalue weighted by Gasteiger charge is 2.17. The Bertz CT molecular complexity index is 382. The third kappa shape index (κ3) is 2.82. The van der Waals surface area contributed by atoms with E-state index in [0.29, 0.717) is 5.88 Å². The first-order chi connectivity index (χ1) is 7.58. The molecule has 0 fully saturated rings. The Labute approximate surface area is 93.8 Å². The highest BCUT2D eigenvalue weighted by atomic mass is 16.6. The summed E-state index contributed by atoms with van der Waals surface area (Å²) in [5.41, 5.74) is -0.0406. The van der Waals surface area contributed by atoms with Crippen molar-refractivity contribution in [2.45, 2.75) is 26.3 Å². The fourth-order valence-electron chi connectivity index (χ4n) is 1.14. The molecular formula is C10H15N3O3. The quantitative estimate of drug-likeness (QED) is 0.614. The fourth-order valence-corrected chi connectivity index (χ4v) is 1.14. The van der Waals surface area contributed by atoms with Crippen LogP contribution in [-0.2, 0) is 0 Å². The lowest BCUT2D eigenvalue weighted by Gasteiger charge is -2.12.